The highest BCUT2D eigenvalue weighted by Gasteiger charge is 2.08. The molecule has 0 aliphatic carbocycles. The van der Waals surface area contributed by atoms with Crippen LogP contribution in [-0.2, 0) is 17.8 Å². The molecule has 114 valence electrons. The molecule has 2 rings (SSSR count). The maximum Gasteiger partial charge on any atom is 0.269 e. The summed E-state index contributed by atoms with van der Waals surface area (Å²) in [4.78, 5) is 21.9. The summed E-state index contributed by atoms with van der Waals surface area (Å²) in [6.45, 7) is 0.293. The molecule has 0 saturated carbocycles. The van der Waals surface area contributed by atoms with Gasteiger partial charge in [-0.15, -0.1) is 0 Å². The highest BCUT2D eigenvalue weighted by molar-refractivity contribution is 6.35. The Morgan fingerprint density at radius 1 is 1.14 bits per heavy atom. The fraction of sp³-hybridized carbons (Fsp3) is 0.133. The quantitative estimate of drug-likeness (QED) is 0.666. The standard InChI is InChI=1S/C15H12Cl2N2O3/c16-12-4-3-11(14(17)8-12)9-18-15(20)7-10-1-5-13(6-2-10)19(21)22/h1-6,8H,7,9H2,(H,18,20). The second-order valence-corrected chi connectivity index (χ2v) is 5.46. The van der Waals surface area contributed by atoms with E-state index in [9.17, 15) is 14.9 Å². The van der Waals surface area contributed by atoms with Crippen molar-refractivity contribution in [1.29, 1.82) is 0 Å². The van der Waals surface area contributed by atoms with Gasteiger partial charge in [-0.3, -0.25) is 14.9 Å². The minimum Gasteiger partial charge on any atom is -0.352 e. The zero-order valence-corrected chi connectivity index (χ0v) is 12.9. The molecule has 0 bridgehead atoms. The van der Waals surface area contributed by atoms with E-state index in [1.54, 1.807) is 30.3 Å². The second kappa shape index (κ2) is 7.24. The third-order valence-electron chi connectivity index (χ3n) is 3.00. The van der Waals surface area contributed by atoms with Gasteiger partial charge in [-0.1, -0.05) is 41.4 Å². The Bertz CT molecular complexity index is 702. The second-order valence-electron chi connectivity index (χ2n) is 4.61. The predicted octanol–water partition coefficient (Wildman–Crippen LogP) is 3.76. The number of halogens is 2. The fourth-order valence-electron chi connectivity index (χ4n) is 1.84. The monoisotopic (exact) mass is 338 g/mol. The lowest BCUT2D eigenvalue weighted by molar-refractivity contribution is -0.384. The van der Waals surface area contributed by atoms with Gasteiger partial charge in [0.05, 0.1) is 11.3 Å². The van der Waals surface area contributed by atoms with Gasteiger partial charge in [0.15, 0.2) is 0 Å². The van der Waals surface area contributed by atoms with E-state index in [1.807, 2.05) is 0 Å². The van der Waals surface area contributed by atoms with Crippen molar-refractivity contribution in [2.75, 3.05) is 0 Å². The molecule has 2 aromatic carbocycles. The summed E-state index contributed by atoms with van der Waals surface area (Å²) in [6.07, 6.45) is 0.142. The van der Waals surface area contributed by atoms with Crippen LogP contribution in [0, 0.1) is 10.1 Å². The average Bonchev–Trinajstić information content (AvgIpc) is 2.47. The molecule has 0 spiro atoms. The van der Waals surface area contributed by atoms with E-state index in [-0.39, 0.29) is 18.0 Å². The van der Waals surface area contributed by atoms with Crippen molar-refractivity contribution in [1.82, 2.24) is 5.32 Å². The summed E-state index contributed by atoms with van der Waals surface area (Å²) in [5.74, 6) is -0.195. The number of non-ortho nitro benzene ring substituents is 1. The first-order valence-electron chi connectivity index (χ1n) is 6.39. The molecular weight excluding hydrogens is 327 g/mol. The highest BCUT2D eigenvalue weighted by Crippen LogP contribution is 2.20. The van der Waals surface area contributed by atoms with E-state index in [0.29, 0.717) is 22.2 Å². The lowest BCUT2D eigenvalue weighted by atomic mass is 10.1. The Kier molecular flexibility index (Phi) is 5.35. The van der Waals surface area contributed by atoms with Gasteiger partial charge in [-0.2, -0.15) is 0 Å². The molecule has 0 atom stereocenters. The van der Waals surface area contributed by atoms with E-state index < -0.39 is 4.92 Å². The van der Waals surface area contributed by atoms with Gasteiger partial charge in [-0.25, -0.2) is 0 Å². The summed E-state index contributed by atoms with van der Waals surface area (Å²) >= 11 is 11.8. The normalized spacial score (nSPS) is 10.3. The maximum absolute atomic E-state index is 11.9. The van der Waals surface area contributed by atoms with Crippen LogP contribution in [0.5, 0.6) is 0 Å². The third-order valence-corrected chi connectivity index (χ3v) is 3.59. The van der Waals surface area contributed by atoms with Crippen LogP contribution in [0.25, 0.3) is 0 Å². The van der Waals surface area contributed by atoms with Gasteiger partial charge in [0.25, 0.3) is 5.69 Å². The topological polar surface area (TPSA) is 72.2 Å². The van der Waals surface area contributed by atoms with E-state index in [0.717, 1.165) is 5.56 Å². The lowest BCUT2D eigenvalue weighted by Gasteiger charge is -2.07. The Balaban J connectivity index is 1.91. The Hall–Kier alpha value is -2.11. The van der Waals surface area contributed by atoms with Crippen molar-refractivity contribution in [2.24, 2.45) is 0 Å². The first-order chi connectivity index (χ1) is 10.5. The number of amides is 1. The van der Waals surface area contributed by atoms with Gasteiger partial charge < -0.3 is 5.32 Å². The van der Waals surface area contributed by atoms with Gasteiger partial charge in [0, 0.05) is 28.7 Å². The lowest BCUT2D eigenvalue weighted by Crippen LogP contribution is -2.24. The number of nitro benzene ring substituents is 1. The smallest absolute Gasteiger partial charge is 0.269 e. The van der Waals surface area contributed by atoms with Gasteiger partial charge >= 0.3 is 0 Å². The van der Waals surface area contributed by atoms with Crippen LogP contribution >= 0.6 is 23.2 Å². The van der Waals surface area contributed by atoms with Crippen molar-refractivity contribution in [3.8, 4) is 0 Å². The number of carbonyl (C=O) groups is 1. The minimum absolute atomic E-state index is 0.00268. The van der Waals surface area contributed by atoms with Crippen molar-refractivity contribution in [2.45, 2.75) is 13.0 Å². The largest absolute Gasteiger partial charge is 0.352 e. The Morgan fingerprint density at radius 3 is 2.41 bits per heavy atom. The first kappa shape index (κ1) is 16.3. The summed E-state index contributed by atoms with van der Waals surface area (Å²) in [5, 5.41) is 14.3. The number of nitrogens with one attached hydrogen (secondary N) is 1. The number of rotatable bonds is 5. The molecule has 0 aromatic heterocycles. The van der Waals surface area contributed by atoms with Crippen LogP contribution in [0.1, 0.15) is 11.1 Å². The van der Waals surface area contributed by atoms with Crippen molar-refractivity contribution < 1.29 is 9.72 Å². The van der Waals surface area contributed by atoms with Crippen LogP contribution in [0.4, 0.5) is 5.69 Å². The molecule has 0 saturated heterocycles. The van der Waals surface area contributed by atoms with Gasteiger partial charge in [-0.05, 0) is 23.3 Å². The van der Waals surface area contributed by atoms with Crippen LogP contribution in [0.2, 0.25) is 10.0 Å². The fourth-order valence-corrected chi connectivity index (χ4v) is 2.32. The molecule has 0 unspecified atom stereocenters. The van der Waals surface area contributed by atoms with Crippen LogP contribution < -0.4 is 5.32 Å². The van der Waals surface area contributed by atoms with E-state index in [2.05, 4.69) is 5.32 Å². The third kappa shape index (κ3) is 4.44. The SMILES string of the molecule is O=C(Cc1ccc([N+](=O)[O-])cc1)NCc1ccc(Cl)cc1Cl. The van der Waals surface area contributed by atoms with Crippen LogP contribution in [0.15, 0.2) is 42.5 Å². The molecule has 5 nitrogen and oxygen atoms in total. The molecule has 0 aliphatic heterocycles. The van der Waals surface area contributed by atoms with E-state index >= 15 is 0 Å². The summed E-state index contributed by atoms with van der Waals surface area (Å²) < 4.78 is 0. The molecule has 2 aromatic rings. The molecule has 1 N–H and O–H groups in total. The number of hydrogen-bond acceptors (Lipinski definition) is 3. The molecule has 0 fully saturated rings. The van der Waals surface area contributed by atoms with Gasteiger partial charge in [0.2, 0.25) is 5.91 Å². The van der Waals surface area contributed by atoms with Gasteiger partial charge in [0.1, 0.15) is 0 Å². The van der Waals surface area contributed by atoms with E-state index in [1.165, 1.54) is 12.1 Å². The van der Waals surface area contributed by atoms with Crippen LogP contribution in [0.3, 0.4) is 0 Å². The molecule has 0 heterocycles. The maximum atomic E-state index is 11.9. The summed E-state index contributed by atoms with van der Waals surface area (Å²) in [5.41, 5.74) is 1.46. The van der Waals surface area contributed by atoms with Crippen molar-refractivity contribution >= 4 is 34.8 Å². The number of benzene rings is 2. The zero-order valence-electron chi connectivity index (χ0n) is 11.4. The molecule has 1 amide bonds. The van der Waals surface area contributed by atoms with Crippen LogP contribution in [-0.4, -0.2) is 10.8 Å². The highest BCUT2D eigenvalue weighted by atomic mass is 35.5. The number of nitrogens with zero attached hydrogens (tertiary/aromatic N) is 1. The Morgan fingerprint density at radius 2 is 1.82 bits per heavy atom. The van der Waals surface area contributed by atoms with Crippen molar-refractivity contribution in [3.63, 3.8) is 0 Å². The molecule has 0 radical (unpaired) electrons. The number of carbonyl (C=O) groups excluding carboxylic acids is 1. The number of nitro groups is 1. The molecular formula is C15H12Cl2N2O3. The Labute approximate surface area is 137 Å². The average molecular weight is 339 g/mol. The van der Waals surface area contributed by atoms with E-state index in [4.69, 9.17) is 23.2 Å². The summed E-state index contributed by atoms with van der Waals surface area (Å²) in [6, 6.07) is 10.9. The molecule has 7 heteroatoms. The molecule has 0 aliphatic rings. The number of hydrogen-bond donors (Lipinski definition) is 1. The first-order valence-corrected chi connectivity index (χ1v) is 7.15. The summed E-state index contributed by atoms with van der Waals surface area (Å²) in [7, 11) is 0. The predicted molar refractivity (Wildman–Crippen MR) is 85.1 cm³/mol. The molecule has 22 heavy (non-hydrogen) atoms. The van der Waals surface area contributed by atoms with Crippen molar-refractivity contribution in [3.05, 3.63) is 73.8 Å². The minimum atomic E-state index is -0.480. The zero-order chi connectivity index (χ0) is 16.1.